The van der Waals surface area contributed by atoms with Crippen LogP contribution < -0.4 is 0 Å². The van der Waals surface area contributed by atoms with Crippen LogP contribution >= 0.6 is 0 Å². The summed E-state index contributed by atoms with van der Waals surface area (Å²) < 4.78 is 5.36. The van der Waals surface area contributed by atoms with E-state index in [-0.39, 0.29) is 5.78 Å². The third-order valence-corrected chi connectivity index (χ3v) is 4.77. The van der Waals surface area contributed by atoms with E-state index in [1.54, 1.807) is 0 Å². The van der Waals surface area contributed by atoms with Gasteiger partial charge < -0.3 is 4.74 Å². The molecule has 1 aliphatic heterocycles. The number of ether oxygens (including phenoxy) is 1. The fourth-order valence-corrected chi connectivity index (χ4v) is 3.12. The van der Waals surface area contributed by atoms with Crippen molar-refractivity contribution >= 4 is 5.78 Å². The minimum Gasteiger partial charge on any atom is -0.381 e. The van der Waals surface area contributed by atoms with Gasteiger partial charge in [0.15, 0.2) is 5.78 Å². The molecule has 2 heterocycles. The molecule has 3 rings (SSSR count). The molecule has 0 N–H and O–H groups in total. The van der Waals surface area contributed by atoms with Crippen LogP contribution in [0.5, 0.6) is 0 Å². The van der Waals surface area contributed by atoms with Gasteiger partial charge >= 0.3 is 0 Å². The van der Waals surface area contributed by atoms with Crippen LogP contribution in [0.15, 0.2) is 42.6 Å². The first-order chi connectivity index (χ1) is 11.6. The molecule has 0 saturated carbocycles. The van der Waals surface area contributed by atoms with E-state index in [2.05, 4.69) is 31.0 Å². The Kier molecular flexibility index (Phi) is 5.41. The molecular formula is C21H25NO2. The summed E-state index contributed by atoms with van der Waals surface area (Å²) in [6.07, 6.45) is 4.48. The molecule has 0 bridgehead atoms. The number of pyridine rings is 1. The second-order valence-corrected chi connectivity index (χ2v) is 6.89. The average molecular weight is 323 g/mol. The lowest BCUT2D eigenvalue weighted by Crippen LogP contribution is -2.18. The Morgan fingerprint density at radius 1 is 1.17 bits per heavy atom. The van der Waals surface area contributed by atoms with Crippen molar-refractivity contribution in [3.8, 4) is 11.3 Å². The van der Waals surface area contributed by atoms with Gasteiger partial charge in [-0.3, -0.25) is 9.78 Å². The molecule has 0 aliphatic carbocycles. The Balaban J connectivity index is 1.70. The van der Waals surface area contributed by atoms with Crippen LogP contribution in [0, 0.1) is 5.92 Å². The molecule has 0 unspecified atom stereocenters. The summed E-state index contributed by atoms with van der Waals surface area (Å²) in [5.41, 5.74) is 4.09. The molecule has 3 nitrogen and oxygen atoms in total. The van der Waals surface area contributed by atoms with Gasteiger partial charge in [-0.2, -0.15) is 0 Å². The van der Waals surface area contributed by atoms with Crippen molar-refractivity contribution in [2.45, 2.75) is 39.0 Å². The van der Waals surface area contributed by atoms with Crippen molar-refractivity contribution in [3.05, 3.63) is 53.7 Å². The van der Waals surface area contributed by atoms with E-state index in [1.807, 2.05) is 30.5 Å². The van der Waals surface area contributed by atoms with Crippen LogP contribution in [0.2, 0.25) is 0 Å². The molecule has 1 fully saturated rings. The van der Waals surface area contributed by atoms with E-state index >= 15 is 0 Å². The molecule has 0 atom stereocenters. The number of carbonyl (C=O) groups is 1. The maximum atomic E-state index is 12.4. The van der Waals surface area contributed by atoms with E-state index in [0.717, 1.165) is 42.9 Å². The van der Waals surface area contributed by atoms with Crippen LogP contribution in [0.25, 0.3) is 11.3 Å². The highest BCUT2D eigenvalue weighted by atomic mass is 16.5. The summed E-state index contributed by atoms with van der Waals surface area (Å²) in [6, 6.07) is 12.1. The minimum atomic E-state index is 0.234. The van der Waals surface area contributed by atoms with Gasteiger partial charge in [0.2, 0.25) is 0 Å². The fourth-order valence-electron chi connectivity index (χ4n) is 3.12. The van der Waals surface area contributed by atoms with Crippen molar-refractivity contribution < 1.29 is 9.53 Å². The quantitative estimate of drug-likeness (QED) is 0.737. The number of Topliss-reactive ketones (excluding diaryl/α,β-unsaturated/α-hetero) is 1. The topological polar surface area (TPSA) is 39.2 Å². The predicted molar refractivity (Wildman–Crippen MR) is 96.3 cm³/mol. The number of rotatable bonds is 5. The van der Waals surface area contributed by atoms with Gasteiger partial charge in [0.25, 0.3) is 0 Å². The summed E-state index contributed by atoms with van der Waals surface area (Å²) in [5, 5.41) is 0. The van der Waals surface area contributed by atoms with Crippen LogP contribution in [-0.4, -0.2) is 24.0 Å². The molecule has 1 saturated heterocycles. The number of carbonyl (C=O) groups excluding carboxylic acids is 1. The van der Waals surface area contributed by atoms with Crippen molar-refractivity contribution in [2.24, 2.45) is 5.92 Å². The lowest BCUT2D eigenvalue weighted by molar-refractivity contribution is 0.0601. The fraction of sp³-hybridized carbons (Fsp3) is 0.429. The minimum absolute atomic E-state index is 0.234. The first-order valence-electron chi connectivity index (χ1n) is 8.81. The number of aromatic nitrogens is 1. The molecule has 1 aliphatic rings. The van der Waals surface area contributed by atoms with E-state index < -0.39 is 0 Å². The van der Waals surface area contributed by atoms with Gasteiger partial charge in [0, 0.05) is 37.0 Å². The zero-order valence-electron chi connectivity index (χ0n) is 14.5. The van der Waals surface area contributed by atoms with E-state index in [4.69, 9.17) is 4.74 Å². The van der Waals surface area contributed by atoms with E-state index in [1.165, 1.54) is 5.56 Å². The van der Waals surface area contributed by atoms with E-state index in [9.17, 15) is 4.79 Å². The predicted octanol–water partition coefficient (Wildman–Crippen LogP) is 4.87. The monoisotopic (exact) mass is 323 g/mol. The molecule has 0 amide bonds. The second-order valence-electron chi connectivity index (χ2n) is 6.89. The van der Waals surface area contributed by atoms with Crippen molar-refractivity contribution in [2.75, 3.05) is 13.2 Å². The highest BCUT2D eigenvalue weighted by Gasteiger charge is 2.18. The van der Waals surface area contributed by atoms with Crippen LogP contribution in [0.4, 0.5) is 0 Å². The Bertz CT molecular complexity index is 685. The van der Waals surface area contributed by atoms with E-state index in [0.29, 0.717) is 18.3 Å². The van der Waals surface area contributed by atoms with Crippen LogP contribution in [-0.2, 0) is 4.74 Å². The summed E-state index contributed by atoms with van der Waals surface area (Å²) in [4.78, 5) is 16.9. The van der Waals surface area contributed by atoms with Gasteiger partial charge in [-0.1, -0.05) is 38.1 Å². The molecular weight excluding hydrogens is 298 g/mol. The summed E-state index contributed by atoms with van der Waals surface area (Å²) >= 11 is 0. The maximum absolute atomic E-state index is 12.4. The van der Waals surface area contributed by atoms with Crippen LogP contribution in [0.1, 0.15) is 54.9 Å². The van der Waals surface area contributed by atoms with Crippen LogP contribution in [0.3, 0.4) is 0 Å². The molecule has 24 heavy (non-hydrogen) atoms. The zero-order chi connectivity index (χ0) is 16.9. The Labute approximate surface area is 144 Å². The van der Waals surface area contributed by atoms with Gasteiger partial charge in [0.05, 0.1) is 5.69 Å². The van der Waals surface area contributed by atoms with Gasteiger partial charge in [-0.25, -0.2) is 0 Å². The standard InChI is InChI=1S/C21H25NO2/c1-15(2)19-7-10-22-20(14-19)17-3-5-18(6-4-17)21(23)13-16-8-11-24-12-9-16/h3-7,10,14-16H,8-9,11-13H2,1-2H3. The number of hydrogen-bond acceptors (Lipinski definition) is 3. The van der Waals surface area contributed by atoms with Gasteiger partial charge in [-0.15, -0.1) is 0 Å². The maximum Gasteiger partial charge on any atom is 0.163 e. The molecule has 126 valence electrons. The smallest absolute Gasteiger partial charge is 0.163 e. The number of ketones is 1. The molecule has 1 aromatic carbocycles. The molecule has 1 aromatic heterocycles. The Morgan fingerprint density at radius 3 is 2.54 bits per heavy atom. The normalized spacial score (nSPS) is 15.6. The van der Waals surface area contributed by atoms with Crippen molar-refractivity contribution in [1.82, 2.24) is 4.98 Å². The molecule has 3 heteroatoms. The van der Waals surface area contributed by atoms with Crippen molar-refractivity contribution in [1.29, 1.82) is 0 Å². The summed E-state index contributed by atoms with van der Waals surface area (Å²) in [7, 11) is 0. The van der Waals surface area contributed by atoms with Crippen molar-refractivity contribution in [3.63, 3.8) is 0 Å². The number of benzene rings is 1. The van der Waals surface area contributed by atoms with Gasteiger partial charge in [0.1, 0.15) is 0 Å². The largest absolute Gasteiger partial charge is 0.381 e. The lowest BCUT2D eigenvalue weighted by Gasteiger charge is -2.21. The lowest BCUT2D eigenvalue weighted by atomic mass is 9.91. The number of hydrogen-bond donors (Lipinski definition) is 0. The third kappa shape index (κ3) is 4.09. The average Bonchev–Trinajstić information content (AvgIpc) is 2.63. The second kappa shape index (κ2) is 7.71. The first-order valence-corrected chi connectivity index (χ1v) is 8.81. The SMILES string of the molecule is CC(C)c1ccnc(-c2ccc(C(=O)CC3CCOCC3)cc2)c1. The highest BCUT2D eigenvalue weighted by molar-refractivity contribution is 5.96. The first kappa shape index (κ1) is 16.8. The zero-order valence-corrected chi connectivity index (χ0v) is 14.5. The molecule has 0 radical (unpaired) electrons. The summed E-state index contributed by atoms with van der Waals surface area (Å²) in [5.74, 6) is 1.18. The Hall–Kier alpha value is -2.00. The number of nitrogens with zero attached hydrogens (tertiary/aromatic N) is 1. The molecule has 2 aromatic rings. The van der Waals surface area contributed by atoms with Gasteiger partial charge in [-0.05, 0) is 42.4 Å². The third-order valence-electron chi connectivity index (χ3n) is 4.77. The Morgan fingerprint density at radius 2 is 1.88 bits per heavy atom. The highest BCUT2D eigenvalue weighted by Crippen LogP contribution is 2.24. The summed E-state index contributed by atoms with van der Waals surface area (Å²) in [6.45, 7) is 5.93. The molecule has 0 spiro atoms.